The summed E-state index contributed by atoms with van der Waals surface area (Å²) in [7, 11) is 0. The van der Waals surface area contributed by atoms with Gasteiger partial charge in [0.2, 0.25) is 0 Å². The number of anilines is 12. The molecule has 0 heterocycles. The number of hydrogen-bond donors (Lipinski definition) is 0. The highest BCUT2D eigenvalue weighted by molar-refractivity contribution is 6.09. The third kappa shape index (κ3) is 10.9. The van der Waals surface area contributed by atoms with E-state index >= 15 is 0 Å². The molecule has 0 unspecified atom stereocenters. The average Bonchev–Trinajstić information content (AvgIpc) is 0.874. The van der Waals surface area contributed by atoms with E-state index in [4.69, 9.17) is 0 Å². The summed E-state index contributed by atoms with van der Waals surface area (Å²) < 4.78 is 0. The molecular weight excluding hydrogens is 1100 g/mol. The Bertz CT molecular complexity index is 4570. The minimum absolute atomic E-state index is 1.05. The van der Waals surface area contributed by atoms with E-state index in [1.807, 2.05) is 0 Å². The molecule has 0 aliphatic heterocycles. The summed E-state index contributed by atoms with van der Waals surface area (Å²) in [6, 6.07) is 126. The number of para-hydroxylation sites is 3. The van der Waals surface area contributed by atoms with Crippen LogP contribution >= 0.6 is 0 Å². The van der Waals surface area contributed by atoms with Gasteiger partial charge in [0.25, 0.3) is 0 Å². The zero-order valence-electron chi connectivity index (χ0n) is 51.2. The highest BCUT2D eigenvalue weighted by Gasteiger charge is 2.23. The molecule has 4 nitrogen and oxygen atoms in total. The first kappa shape index (κ1) is 55.8. The standard InChI is InChI=1S/C87H66N4/c1-61-22-19-31-73(58-61)89(67-25-7-4-8-26-67)85-55-52-76(79-34-13-16-37-82(79)85)64-40-46-70(47-41-64)88(71-48-42-65(43-49-71)77-53-56-86(83-38-17-14-35-80(77)83)90(68-27-9-5-10-28-68)74-32-20-23-62(2)59-74)72-50-44-66(45-51-72)78-54-57-87(84-39-18-15-36-81(78)84)91(69-29-11-6-12-30-69)75-33-21-24-63(3)60-75/h4-60H,1-3H3. The van der Waals surface area contributed by atoms with E-state index in [1.54, 1.807) is 0 Å². The fourth-order valence-electron chi connectivity index (χ4n) is 13.3. The second kappa shape index (κ2) is 24.4. The van der Waals surface area contributed by atoms with E-state index in [2.05, 4.69) is 386 Å². The lowest BCUT2D eigenvalue weighted by atomic mass is 9.95. The van der Waals surface area contributed by atoms with Crippen molar-refractivity contribution in [2.45, 2.75) is 20.8 Å². The maximum absolute atomic E-state index is 2.39. The van der Waals surface area contributed by atoms with E-state index < -0.39 is 0 Å². The molecule has 0 saturated heterocycles. The van der Waals surface area contributed by atoms with E-state index in [0.29, 0.717) is 0 Å². The Morgan fingerprint density at radius 1 is 0.165 bits per heavy atom. The molecule has 0 saturated carbocycles. The normalized spacial score (nSPS) is 11.2. The van der Waals surface area contributed by atoms with Gasteiger partial charge in [-0.15, -0.1) is 0 Å². The van der Waals surface area contributed by atoms with Crippen LogP contribution in [0.2, 0.25) is 0 Å². The number of rotatable bonds is 15. The number of benzene rings is 15. The highest BCUT2D eigenvalue weighted by atomic mass is 15.2. The van der Waals surface area contributed by atoms with Crippen molar-refractivity contribution in [2.75, 3.05) is 19.6 Å². The first-order valence-electron chi connectivity index (χ1n) is 31.3. The lowest BCUT2D eigenvalue weighted by Gasteiger charge is -2.28. The van der Waals surface area contributed by atoms with E-state index in [9.17, 15) is 0 Å². The lowest BCUT2D eigenvalue weighted by molar-refractivity contribution is 1.28. The number of hydrogen-bond acceptors (Lipinski definition) is 4. The van der Waals surface area contributed by atoms with Crippen molar-refractivity contribution in [1.29, 1.82) is 0 Å². The molecule has 0 spiro atoms. The Morgan fingerprint density at radius 2 is 0.396 bits per heavy atom. The summed E-state index contributed by atoms with van der Waals surface area (Å²) in [6.45, 7) is 6.48. The zero-order chi connectivity index (χ0) is 61.2. The van der Waals surface area contributed by atoms with Crippen LogP contribution in [-0.4, -0.2) is 0 Å². The van der Waals surface area contributed by atoms with Gasteiger partial charge in [-0.25, -0.2) is 0 Å². The van der Waals surface area contributed by atoms with Gasteiger partial charge in [0, 0.05) is 67.3 Å². The third-order valence-electron chi connectivity index (χ3n) is 17.6. The Labute approximate surface area is 533 Å². The molecule has 0 atom stereocenters. The first-order valence-corrected chi connectivity index (χ1v) is 31.3. The van der Waals surface area contributed by atoms with Crippen molar-refractivity contribution in [3.05, 3.63) is 362 Å². The zero-order valence-corrected chi connectivity index (χ0v) is 51.2. The van der Waals surface area contributed by atoms with Crippen molar-refractivity contribution in [3.63, 3.8) is 0 Å². The van der Waals surface area contributed by atoms with Gasteiger partial charge >= 0.3 is 0 Å². The molecule has 91 heavy (non-hydrogen) atoms. The van der Waals surface area contributed by atoms with Crippen molar-refractivity contribution < 1.29 is 0 Å². The number of fused-ring (bicyclic) bond motifs is 3. The van der Waals surface area contributed by atoms with Crippen LogP contribution in [0.25, 0.3) is 65.7 Å². The van der Waals surface area contributed by atoms with Crippen molar-refractivity contribution in [3.8, 4) is 33.4 Å². The molecule has 0 amide bonds. The van der Waals surface area contributed by atoms with Gasteiger partial charge in [-0.3, -0.25) is 0 Å². The van der Waals surface area contributed by atoms with Crippen molar-refractivity contribution in [2.24, 2.45) is 0 Å². The second-order valence-electron chi connectivity index (χ2n) is 23.5. The number of nitrogens with zero attached hydrogens (tertiary/aromatic N) is 4. The van der Waals surface area contributed by atoms with Crippen LogP contribution < -0.4 is 19.6 Å². The van der Waals surface area contributed by atoms with Crippen LogP contribution in [0.4, 0.5) is 68.2 Å². The molecule has 0 N–H and O–H groups in total. The maximum atomic E-state index is 2.39. The second-order valence-corrected chi connectivity index (χ2v) is 23.5. The maximum Gasteiger partial charge on any atom is 0.0540 e. The monoisotopic (exact) mass is 1170 g/mol. The van der Waals surface area contributed by atoms with Crippen LogP contribution in [0.3, 0.4) is 0 Å². The van der Waals surface area contributed by atoms with E-state index in [0.717, 1.165) is 84.9 Å². The molecule has 0 radical (unpaired) electrons. The van der Waals surface area contributed by atoms with Gasteiger partial charge in [-0.1, -0.05) is 218 Å². The smallest absolute Gasteiger partial charge is 0.0540 e. The van der Waals surface area contributed by atoms with Crippen LogP contribution in [-0.2, 0) is 0 Å². The van der Waals surface area contributed by atoms with Crippen LogP contribution in [0, 0.1) is 20.8 Å². The Hall–Kier alpha value is -11.7. The molecule has 0 bridgehead atoms. The Morgan fingerprint density at radius 3 is 0.659 bits per heavy atom. The predicted octanol–water partition coefficient (Wildman–Crippen LogP) is 25.0. The molecule has 15 aromatic rings. The lowest BCUT2D eigenvalue weighted by Crippen LogP contribution is -2.11. The van der Waals surface area contributed by atoms with Crippen LogP contribution in [0.5, 0.6) is 0 Å². The third-order valence-corrected chi connectivity index (χ3v) is 17.6. The predicted molar refractivity (Wildman–Crippen MR) is 388 cm³/mol. The minimum Gasteiger partial charge on any atom is -0.311 e. The Kier molecular flexibility index (Phi) is 15.0. The molecule has 0 fully saturated rings. The van der Waals surface area contributed by atoms with Crippen molar-refractivity contribution >= 4 is 101 Å². The number of aryl methyl sites for hydroxylation is 3. The van der Waals surface area contributed by atoms with Crippen molar-refractivity contribution in [1.82, 2.24) is 0 Å². The Balaban J connectivity index is 0.823. The molecule has 0 aromatic heterocycles. The molecule has 4 heteroatoms. The van der Waals surface area contributed by atoms with Gasteiger partial charge in [-0.2, -0.15) is 0 Å². The fourth-order valence-corrected chi connectivity index (χ4v) is 13.3. The van der Waals surface area contributed by atoms with E-state index in [-0.39, 0.29) is 0 Å². The summed E-state index contributed by atoms with van der Waals surface area (Å²) in [5.74, 6) is 0. The summed E-state index contributed by atoms with van der Waals surface area (Å²) in [5.41, 5.74) is 23.9. The van der Waals surface area contributed by atoms with Gasteiger partial charge in [-0.05, 0) is 214 Å². The van der Waals surface area contributed by atoms with Gasteiger partial charge in [0.05, 0.1) is 17.1 Å². The van der Waals surface area contributed by atoms with Crippen LogP contribution in [0.15, 0.2) is 346 Å². The van der Waals surface area contributed by atoms with E-state index in [1.165, 1.54) is 65.7 Å². The van der Waals surface area contributed by atoms with Gasteiger partial charge in [0.15, 0.2) is 0 Å². The average molecular weight is 1170 g/mol. The molecule has 15 rings (SSSR count). The first-order chi connectivity index (χ1) is 44.9. The highest BCUT2D eigenvalue weighted by Crippen LogP contribution is 2.47. The van der Waals surface area contributed by atoms with Gasteiger partial charge < -0.3 is 19.6 Å². The largest absolute Gasteiger partial charge is 0.311 e. The molecule has 0 aliphatic carbocycles. The molecule has 434 valence electrons. The summed E-state index contributed by atoms with van der Waals surface area (Å²) in [5, 5.41) is 7.12. The summed E-state index contributed by atoms with van der Waals surface area (Å²) in [6.07, 6.45) is 0. The fraction of sp³-hybridized carbons (Fsp3) is 0.0345. The molecule has 15 aromatic carbocycles. The molecular formula is C87H66N4. The SMILES string of the molecule is Cc1cccc(N(c2ccccc2)c2ccc(-c3ccc(N(c4ccc(-c5ccc(N(c6ccccc6)c6cccc(C)c6)c6ccccc56)cc4)c4ccc(-c5ccc(N(c6ccccc6)c6cccc(C)c6)c6ccccc56)cc4)cc3)c3ccccc23)c1. The van der Waals surface area contributed by atoms with Crippen LogP contribution in [0.1, 0.15) is 16.7 Å². The quantitative estimate of drug-likeness (QED) is 0.101. The minimum atomic E-state index is 1.05. The summed E-state index contributed by atoms with van der Waals surface area (Å²) in [4.78, 5) is 9.53. The summed E-state index contributed by atoms with van der Waals surface area (Å²) >= 11 is 0. The topological polar surface area (TPSA) is 13.0 Å². The van der Waals surface area contributed by atoms with Gasteiger partial charge in [0.1, 0.15) is 0 Å². The molecule has 0 aliphatic rings.